The molecule has 180 valence electrons. The minimum absolute atomic E-state index is 0.228. The van der Waals surface area contributed by atoms with Crippen molar-refractivity contribution < 1.29 is 32.6 Å². The van der Waals surface area contributed by atoms with Crippen LogP contribution in [0.1, 0.15) is 31.0 Å². The summed E-state index contributed by atoms with van der Waals surface area (Å²) < 4.78 is 47.4. The molecule has 1 saturated heterocycles. The average molecular weight is 481 g/mol. The van der Waals surface area contributed by atoms with E-state index in [1.165, 1.54) is 24.3 Å². The summed E-state index contributed by atoms with van der Waals surface area (Å²) in [5, 5.41) is 11.1. The van der Waals surface area contributed by atoms with Gasteiger partial charge in [-0.05, 0) is 60.0 Å². The lowest BCUT2D eigenvalue weighted by Gasteiger charge is -2.25. The van der Waals surface area contributed by atoms with Crippen LogP contribution in [0.3, 0.4) is 0 Å². The highest BCUT2D eigenvalue weighted by Gasteiger charge is 2.47. The number of rotatable bonds is 6. The molecule has 0 saturated carbocycles. The zero-order valence-corrected chi connectivity index (χ0v) is 19.0. The first-order valence-corrected chi connectivity index (χ1v) is 10.9. The Morgan fingerprint density at radius 1 is 0.943 bits per heavy atom. The van der Waals surface area contributed by atoms with Gasteiger partial charge in [-0.25, -0.2) is 13.2 Å². The van der Waals surface area contributed by atoms with Crippen LogP contribution < -0.4 is 9.64 Å². The van der Waals surface area contributed by atoms with E-state index < -0.39 is 40.9 Å². The van der Waals surface area contributed by atoms with Crippen molar-refractivity contribution in [2.24, 2.45) is 5.92 Å². The predicted octanol–water partition coefficient (Wildman–Crippen LogP) is 5.77. The molecule has 35 heavy (non-hydrogen) atoms. The summed E-state index contributed by atoms with van der Waals surface area (Å²) in [6.45, 7) is 4.49. The maximum Gasteiger partial charge on any atom is 0.300 e. The number of benzene rings is 3. The number of nitrogens with zero attached hydrogens (tertiary/aromatic N) is 1. The maximum absolute atomic E-state index is 14.7. The van der Waals surface area contributed by atoms with Crippen molar-refractivity contribution in [3.63, 3.8) is 0 Å². The minimum Gasteiger partial charge on any atom is -0.507 e. The molecule has 0 aromatic heterocycles. The first kappa shape index (κ1) is 24.1. The summed E-state index contributed by atoms with van der Waals surface area (Å²) in [4.78, 5) is 26.9. The Bertz CT molecular complexity index is 1300. The van der Waals surface area contributed by atoms with Gasteiger partial charge in [0.1, 0.15) is 29.0 Å². The molecule has 1 fully saturated rings. The number of hydrogen-bond acceptors (Lipinski definition) is 4. The fourth-order valence-electron chi connectivity index (χ4n) is 3.85. The second-order valence-electron chi connectivity index (χ2n) is 8.55. The molecule has 1 heterocycles. The summed E-state index contributed by atoms with van der Waals surface area (Å²) in [6, 6.07) is 12.5. The Kier molecular flexibility index (Phi) is 6.64. The van der Waals surface area contributed by atoms with E-state index in [4.69, 9.17) is 4.74 Å². The molecule has 4 rings (SSSR count). The molecule has 1 amide bonds. The monoisotopic (exact) mass is 481 g/mol. The van der Waals surface area contributed by atoms with Crippen molar-refractivity contribution in [1.82, 2.24) is 0 Å². The molecule has 1 unspecified atom stereocenters. The zero-order valence-electron chi connectivity index (χ0n) is 19.0. The SMILES string of the molecule is CC(C)COc1ccc(/C(O)=C2\C(=O)C(=O)N(c3ccc(F)cc3F)C2c2ccc(F)cc2)cc1. The summed E-state index contributed by atoms with van der Waals surface area (Å²) in [7, 11) is 0. The van der Waals surface area contributed by atoms with Gasteiger partial charge in [0.25, 0.3) is 11.7 Å². The number of ether oxygens (including phenoxy) is 1. The van der Waals surface area contributed by atoms with Gasteiger partial charge in [0.15, 0.2) is 0 Å². The molecule has 3 aromatic carbocycles. The van der Waals surface area contributed by atoms with E-state index >= 15 is 0 Å². The molecule has 0 radical (unpaired) electrons. The zero-order chi connectivity index (χ0) is 25.3. The van der Waals surface area contributed by atoms with Crippen molar-refractivity contribution in [1.29, 1.82) is 0 Å². The Morgan fingerprint density at radius 3 is 2.17 bits per heavy atom. The number of Topliss-reactive ketones (excluding diaryl/α,β-unsaturated/α-hetero) is 1. The Labute approximate surface area is 200 Å². The van der Waals surface area contributed by atoms with Crippen LogP contribution in [0.25, 0.3) is 5.76 Å². The van der Waals surface area contributed by atoms with Gasteiger partial charge in [-0.15, -0.1) is 0 Å². The lowest BCUT2D eigenvalue weighted by molar-refractivity contribution is -0.132. The summed E-state index contributed by atoms with van der Waals surface area (Å²) in [5.74, 6) is -4.27. The standard InChI is InChI=1S/C27H22F3NO4/c1-15(2)14-35-20-10-5-17(6-11-20)25(32)23-24(16-3-7-18(28)8-4-16)31(27(34)26(23)33)22-12-9-19(29)13-21(22)30/h3-13,15,24,32H,14H2,1-2H3/b25-23+. The lowest BCUT2D eigenvalue weighted by Crippen LogP contribution is -2.30. The fourth-order valence-corrected chi connectivity index (χ4v) is 3.85. The molecule has 1 aliphatic heterocycles. The number of ketones is 1. The quantitative estimate of drug-likeness (QED) is 0.276. The molecule has 1 N–H and O–H groups in total. The smallest absolute Gasteiger partial charge is 0.300 e. The average Bonchev–Trinajstić information content (AvgIpc) is 3.08. The van der Waals surface area contributed by atoms with Gasteiger partial charge >= 0.3 is 0 Å². The fraction of sp³-hybridized carbons (Fsp3) is 0.185. The Balaban J connectivity index is 1.84. The van der Waals surface area contributed by atoms with E-state index in [2.05, 4.69) is 0 Å². The second-order valence-corrected chi connectivity index (χ2v) is 8.55. The van der Waals surface area contributed by atoms with Crippen molar-refractivity contribution in [3.05, 3.63) is 101 Å². The number of carbonyl (C=O) groups is 2. The van der Waals surface area contributed by atoms with Crippen LogP contribution in [0, 0.1) is 23.4 Å². The predicted molar refractivity (Wildman–Crippen MR) is 124 cm³/mol. The Hall–Kier alpha value is -4.07. The molecule has 3 aromatic rings. The molecule has 8 heteroatoms. The number of hydrogen-bond donors (Lipinski definition) is 1. The van der Waals surface area contributed by atoms with Gasteiger partial charge in [-0.1, -0.05) is 26.0 Å². The molecular formula is C27H22F3NO4. The summed E-state index contributed by atoms with van der Waals surface area (Å²) in [6.07, 6.45) is 0. The van der Waals surface area contributed by atoms with Crippen LogP contribution in [-0.4, -0.2) is 23.4 Å². The van der Waals surface area contributed by atoms with Crippen molar-refractivity contribution in [2.75, 3.05) is 11.5 Å². The molecule has 0 aliphatic carbocycles. The normalized spacial score (nSPS) is 17.3. The van der Waals surface area contributed by atoms with Crippen molar-refractivity contribution in [2.45, 2.75) is 19.9 Å². The van der Waals surface area contributed by atoms with Crippen LogP contribution in [0.15, 0.2) is 72.3 Å². The van der Waals surface area contributed by atoms with Gasteiger partial charge in [-0.2, -0.15) is 0 Å². The van der Waals surface area contributed by atoms with Crippen LogP contribution in [0.2, 0.25) is 0 Å². The van der Waals surface area contributed by atoms with Crippen LogP contribution in [0.5, 0.6) is 5.75 Å². The highest BCUT2D eigenvalue weighted by atomic mass is 19.1. The first-order chi connectivity index (χ1) is 16.7. The molecular weight excluding hydrogens is 459 g/mol. The van der Waals surface area contributed by atoms with Gasteiger partial charge in [0.05, 0.1) is 23.9 Å². The highest BCUT2D eigenvalue weighted by molar-refractivity contribution is 6.51. The molecule has 1 atom stereocenters. The van der Waals surface area contributed by atoms with Gasteiger partial charge in [0, 0.05) is 11.6 Å². The maximum atomic E-state index is 14.7. The van der Waals surface area contributed by atoms with E-state index in [0.29, 0.717) is 24.3 Å². The number of carbonyl (C=O) groups excluding carboxylic acids is 2. The van der Waals surface area contributed by atoms with Crippen molar-refractivity contribution >= 4 is 23.1 Å². The first-order valence-electron chi connectivity index (χ1n) is 10.9. The van der Waals surface area contributed by atoms with E-state index in [0.717, 1.165) is 29.2 Å². The lowest BCUT2D eigenvalue weighted by atomic mass is 9.95. The minimum atomic E-state index is -1.27. The van der Waals surface area contributed by atoms with E-state index in [1.807, 2.05) is 13.8 Å². The van der Waals surface area contributed by atoms with Crippen LogP contribution in [0.4, 0.5) is 18.9 Å². The summed E-state index contributed by atoms with van der Waals surface area (Å²) >= 11 is 0. The highest BCUT2D eigenvalue weighted by Crippen LogP contribution is 2.43. The van der Waals surface area contributed by atoms with Crippen LogP contribution in [-0.2, 0) is 9.59 Å². The van der Waals surface area contributed by atoms with Gasteiger partial charge < -0.3 is 9.84 Å². The third-order valence-corrected chi connectivity index (χ3v) is 5.51. The second kappa shape index (κ2) is 9.66. The number of aliphatic hydroxyl groups is 1. The molecule has 0 bridgehead atoms. The summed E-state index contributed by atoms with van der Waals surface area (Å²) in [5.41, 5.74) is -0.167. The topological polar surface area (TPSA) is 66.8 Å². The van der Waals surface area contributed by atoms with Crippen molar-refractivity contribution in [3.8, 4) is 5.75 Å². The van der Waals surface area contributed by atoms with E-state index in [-0.39, 0.29) is 22.4 Å². The number of aliphatic hydroxyl groups excluding tert-OH is 1. The largest absolute Gasteiger partial charge is 0.507 e. The van der Waals surface area contributed by atoms with E-state index in [1.54, 1.807) is 12.1 Å². The van der Waals surface area contributed by atoms with Gasteiger partial charge in [0.2, 0.25) is 0 Å². The third kappa shape index (κ3) is 4.77. The number of anilines is 1. The molecule has 5 nitrogen and oxygen atoms in total. The Morgan fingerprint density at radius 2 is 1.57 bits per heavy atom. The molecule has 0 spiro atoms. The number of halogens is 3. The van der Waals surface area contributed by atoms with Gasteiger partial charge in [-0.3, -0.25) is 14.5 Å². The third-order valence-electron chi connectivity index (χ3n) is 5.51. The number of amides is 1. The van der Waals surface area contributed by atoms with E-state index in [9.17, 15) is 27.9 Å². The van der Waals surface area contributed by atoms with Crippen LogP contribution >= 0.6 is 0 Å². The molecule has 1 aliphatic rings.